The number of carbonyl (C=O) groups excluding carboxylic acids is 2. The van der Waals surface area contributed by atoms with Crippen LogP contribution < -0.4 is 0 Å². The molecule has 0 spiro atoms. The van der Waals surface area contributed by atoms with Crippen LogP contribution >= 0.6 is 0 Å². The molecule has 0 bridgehead atoms. The van der Waals surface area contributed by atoms with E-state index in [1.54, 1.807) is 0 Å². The molecule has 0 amide bonds. The highest BCUT2D eigenvalue weighted by molar-refractivity contribution is 5.95. The van der Waals surface area contributed by atoms with Crippen LogP contribution in [0.3, 0.4) is 0 Å². The number of hydrogen-bond acceptors (Lipinski definition) is 4. The fourth-order valence-corrected chi connectivity index (χ4v) is 0.381. The van der Waals surface area contributed by atoms with Crippen molar-refractivity contribution in [2.45, 2.75) is 0 Å². The van der Waals surface area contributed by atoms with Gasteiger partial charge in [-0.1, -0.05) is 0 Å². The van der Waals surface area contributed by atoms with E-state index in [0.717, 1.165) is 0 Å². The van der Waals surface area contributed by atoms with Gasteiger partial charge in [-0.15, -0.1) is 0 Å². The van der Waals surface area contributed by atoms with E-state index < -0.39 is 17.9 Å². The predicted octanol–water partition coefficient (Wildman–Crippen LogP) is -0.217. The molecule has 0 aliphatic carbocycles. The molecule has 0 atom stereocenters. The molecule has 0 aromatic heterocycles. The van der Waals surface area contributed by atoms with E-state index in [1.165, 1.54) is 14.2 Å². The zero-order chi connectivity index (χ0) is 8.15. The van der Waals surface area contributed by atoms with Gasteiger partial charge in [-0.25, -0.2) is 0 Å². The first kappa shape index (κ1) is 8.94. The smallest absolute Gasteiger partial charge is 0.320 e. The highest BCUT2D eigenvalue weighted by Gasteiger charge is 2.22. The Hall–Kier alpha value is -1.06. The molecule has 0 N–H and O–H groups in total. The van der Waals surface area contributed by atoms with E-state index in [-0.39, 0.29) is 0 Å². The average molecular weight is 145 g/mol. The topological polar surface area (TPSA) is 52.6 Å². The lowest BCUT2D eigenvalue weighted by molar-refractivity contribution is -0.156. The van der Waals surface area contributed by atoms with Gasteiger partial charge in [-0.05, 0) is 6.92 Å². The Bertz CT molecular complexity index is 125. The van der Waals surface area contributed by atoms with E-state index in [9.17, 15) is 9.59 Å². The molecule has 0 saturated carbocycles. The zero-order valence-electron chi connectivity index (χ0n) is 5.92. The highest BCUT2D eigenvalue weighted by Crippen LogP contribution is 1.98. The van der Waals surface area contributed by atoms with Gasteiger partial charge in [0.25, 0.3) is 0 Å². The largest absolute Gasteiger partial charge is 0.468 e. The minimum Gasteiger partial charge on any atom is -0.468 e. The monoisotopic (exact) mass is 145 g/mol. The normalized spacial score (nSPS) is 9.20. The summed E-state index contributed by atoms with van der Waals surface area (Å²) >= 11 is 0. The maximum absolute atomic E-state index is 10.5. The summed E-state index contributed by atoms with van der Waals surface area (Å²) in [6.07, 6.45) is 0. The summed E-state index contributed by atoms with van der Waals surface area (Å²) in [5.41, 5.74) is 0. The van der Waals surface area contributed by atoms with Crippen LogP contribution in [0.2, 0.25) is 0 Å². The second kappa shape index (κ2) is 3.87. The third-order valence-corrected chi connectivity index (χ3v) is 0.971. The quantitative estimate of drug-likeness (QED) is 0.398. The summed E-state index contributed by atoms with van der Waals surface area (Å²) in [6, 6.07) is 0. The molecule has 4 nitrogen and oxygen atoms in total. The van der Waals surface area contributed by atoms with Crippen LogP contribution in [0, 0.1) is 12.8 Å². The second-order valence-electron chi connectivity index (χ2n) is 1.60. The van der Waals surface area contributed by atoms with Gasteiger partial charge in [0.2, 0.25) is 0 Å². The lowest BCUT2D eigenvalue weighted by Crippen LogP contribution is -2.23. The molecule has 0 rings (SSSR count). The van der Waals surface area contributed by atoms with Gasteiger partial charge in [-0.2, -0.15) is 0 Å². The van der Waals surface area contributed by atoms with Crippen LogP contribution in [-0.2, 0) is 19.1 Å². The molecule has 10 heavy (non-hydrogen) atoms. The molecule has 0 aliphatic rings. The lowest BCUT2D eigenvalue weighted by atomic mass is 10.2. The molecule has 1 radical (unpaired) electrons. The summed E-state index contributed by atoms with van der Waals surface area (Å²) < 4.78 is 8.47. The maximum Gasteiger partial charge on any atom is 0.320 e. The Balaban J connectivity index is 3.94. The van der Waals surface area contributed by atoms with E-state index in [0.29, 0.717) is 0 Å². The number of ether oxygens (including phenoxy) is 2. The van der Waals surface area contributed by atoms with Gasteiger partial charge < -0.3 is 9.47 Å². The molecule has 0 fully saturated rings. The number of hydrogen-bond donors (Lipinski definition) is 0. The minimum absolute atomic E-state index is 0.688. The van der Waals surface area contributed by atoms with Crippen LogP contribution in [-0.4, -0.2) is 26.2 Å². The number of methoxy groups -OCH3 is 2. The molecule has 4 heteroatoms. The van der Waals surface area contributed by atoms with Gasteiger partial charge >= 0.3 is 11.9 Å². The van der Waals surface area contributed by atoms with Crippen molar-refractivity contribution in [3.8, 4) is 0 Å². The molecular formula is C6H9O4. The fourth-order valence-electron chi connectivity index (χ4n) is 0.381. The summed E-state index contributed by atoms with van der Waals surface area (Å²) in [7, 11) is 2.37. The first-order valence-electron chi connectivity index (χ1n) is 2.62. The average Bonchev–Trinajstić information content (AvgIpc) is 2.00. The second-order valence-corrected chi connectivity index (χ2v) is 1.60. The van der Waals surface area contributed by atoms with Crippen molar-refractivity contribution >= 4 is 11.9 Å². The summed E-state index contributed by atoms with van der Waals surface area (Å²) in [4.78, 5) is 21.1. The van der Waals surface area contributed by atoms with Crippen LogP contribution in [0.4, 0.5) is 0 Å². The molecular weight excluding hydrogens is 136 g/mol. The molecule has 0 aromatic carbocycles. The van der Waals surface area contributed by atoms with Crippen LogP contribution in [0.1, 0.15) is 0 Å². The predicted molar refractivity (Wildman–Crippen MR) is 32.9 cm³/mol. The lowest BCUT2D eigenvalue weighted by Gasteiger charge is -2.04. The van der Waals surface area contributed by atoms with E-state index >= 15 is 0 Å². The van der Waals surface area contributed by atoms with Gasteiger partial charge in [0, 0.05) is 0 Å². The van der Waals surface area contributed by atoms with Crippen LogP contribution in [0.25, 0.3) is 0 Å². The zero-order valence-corrected chi connectivity index (χ0v) is 5.92. The van der Waals surface area contributed by atoms with Gasteiger partial charge in [0.05, 0.1) is 14.2 Å². The van der Waals surface area contributed by atoms with Crippen molar-refractivity contribution in [3.63, 3.8) is 0 Å². The molecule has 0 heterocycles. The van der Waals surface area contributed by atoms with Crippen LogP contribution in [0.5, 0.6) is 0 Å². The summed E-state index contributed by atoms with van der Waals surface area (Å²) in [6.45, 7) is 3.23. The van der Waals surface area contributed by atoms with Gasteiger partial charge in [-0.3, -0.25) is 9.59 Å². The Morgan fingerprint density at radius 3 is 1.70 bits per heavy atom. The Labute approximate surface area is 59.1 Å². The maximum atomic E-state index is 10.5. The molecule has 0 aliphatic heterocycles. The fraction of sp³-hybridized carbons (Fsp3) is 0.500. The standard InChI is InChI=1S/C6H9O4/c1-4(5(7)9-2)6(8)10-3/h4H,1H2,2-3H3. The van der Waals surface area contributed by atoms with Gasteiger partial charge in [0.1, 0.15) is 0 Å². The Morgan fingerprint density at radius 1 is 1.20 bits per heavy atom. The van der Waals surface area contributed by atoms with E-state index in [4.69, 9.17) is 0 Å². The Kier molecular flexibility index (Phi) is 3.46. The van der Waals surface area contributed by atoms with Crippen molar-refractivity contribution < 1.29 is 19.1 Å². The third kappa shape index (κ3) is 2.05. The van der Waals surface area contributed by atoms with Crippen LogP contribution in [0.15, 0.2) is 0 Å². The number of carbonyl (C=O) groups is 2. The molecule has 0 saturated heterocycles. The highest BCUT2D eigenvalue weighted by atomic mass is 16.5. The van der Waals surface area contributed by atoms with Crippen molar-refractivity contribution in [3.05, 3.63) is 6.92 Å². The SMILES string of the molecule is [CH2]C(C(=O)OC)C(=O)OC. The van der Waals surface area contributed by atoms with Crippen molar-refractivity contribution in [2.24, 2.45) is 5.92 Å². The molecule has 0 unspecified atom stereocenters. The van der Waals surface area contributed by atoms with E-state index in [1.807, 2.05) is 0 Å². The third-order valence-electron chi connectivity index (χ3n) is 0.971. The van der Waals surface area contributed by atoms with E-state index in [2.05, 4.69) is 16.4 Å². The Morgan fingerprint density at radius 2 is 1.50 bits per heavy atom. The van der Waals surface area contributed by atoms with Crippen molar-refractivity contribution in [1.29, 1.82) is 0 Å². The number of esters is 2. The van der Waals surface area contributed by atoms with Crippen molar-refractivity contribution in [2.75, 3.05) is 14.2 Å². The van der Waals surface area contributed by atoms with Crippen molar-refractivity contribution in [1.82, 2.24) is 0 Å². The molecule has 0 aromatic rings. The number of rotatable bonds is 2. The summed E-state index contributed by atoms with van der Waals surface area (Å²) in [5.74, 6) is -2.45. The summed E-state index contributed by atoms with van der Waals surface area (Å²) in [5, 5.41) is 0. The first-order valence-corrected chi connectivity index (χ1v) is 2.62. The van der Waals surface area contributed by atoms with Gasteiger partial charge in [0.15, 0.2) is 5.92 Å². The first-order chi connectivity index (χ1) is 4.63. The molecule has 57 valence electrons. The minimum atomic E-state index is -1.07.